The summed E-state index contributed by atoms with van der Waals surface area (Å²) in [4.78, 5) is 34.6. The summed E-state index contributed by atoms with van der Waals surface area (Å²) in [7, 11) is 3.11. The topological polar surface area (TPSA) is 93.3 Å². The zero-order valence-electron chi connectivity index (χ0n) is 21.1. The number of fused-ring (bicyclic) bond motifs is 1. The minimum absolute atomic E-state index is 0.0124. The molecule has 1 atom stereocenters. The number of hydrogen-bond donors (Lipinski definition) is 2. The van der Waals surface area contributed by atoms with Gasteiger partial charge in [-0.1, -0.05) is 43.8 Å². The molecule has 0 radical (unpaired) electrons. The lowest BCUT2D eigenvalue weighted by Crippen LogP contribution is -2.37. The second kappa shape index (κ2) is 9.70. The number of methoxy groups -OCH3 is 2. The lowest BCUT2D eigenvalue weighted by molar-refractivity contribution is -0.118. The maximum absolute atomic E-state index is 13.5. The molecule has 1 unspecified atom stereocenters. The molecular formula is C28H28FN3O4S. The van der Waals surface area contributed by atoms with Gasteiger partial charge in [0.25, 0.3) is 5.56 Å². The standard InChI is InChI=1S/C28H28FN3O4S/c1-28(2)12-18-23(19(33)13-28)22(16-7-10-20(35-3)21(11-16)36-4)24-25(30-18)31-27(32-26(24)34)37-14-15-5-8-17(29)9-6-15/h5-11,22H,12-14H2,1-4H3,(H2,30,31,32,34). The third-order valence-electron chi connectivity index (χ3n) is 6.73. The molecule has 0 saturated heterocycles. The van der Waals surface area contributed by atoms with Crippen LogP contribution in [-0.2, 0) is 10.5 Å². The van der Waals surface area contributed by atoms with Gasteiger partial charge in [-0.2, -0.15) is 0 Å². The Morgan fingerprint density at radius 2 is 1.78 bits per heavy atom. The zero-order valence-corrected chi connectivity index (χ0v) is 21.9. The molecule has 0 spiro atoms. The molecule has 7 nitrogen and oxygen atoms in total. The first-order valence-electron chi connectivity index (χ1n) is 12.0. The van der Waals surface area contributed by atoms with Gasteiger partial charge in [-0.25, -0.2) is 9.37 Å². The summed E-state index contributed by atoms with van der Waals surface area (Å²) in [5.74, 6) is 1.15. The molecule has 0 saturated carbocycles. The quantitative estimate of drug-likeness (QED) is 0.331. The average Bonchev–Trinajstić information content (AvgIpc) is 2.86. The maximum atomic E-state index is 13.5. The molecule has 1 aromatic heterocycles. The Morgan fingerprint density at radius 1 is 1.05 bits per heavy atom. The van der Waals surface area contributed by atoms with Crippen LogP contribution in [0.1, 0.15) is 49.3 Å². The highest BCUT2D eigenvalue weighted by Crippen LogP contribution is 2.48. The molecule has 0 amide bonds. The number of thioether (sulfide) groups is 1. The zero-order chi connectivity index (χ0) is 26.3. The summed E-state index contributed by atoms with van der Waals surface area (Å²) < 4.78 is 24.2. The van der Waals surface area contributed by atoms with E-state index >= 15 is 0 Å². The van der Waals surface area contributed by atoms with E-state index in [0.29, 0.717) is 52.2 Å². The SMILES string of the molecule is COc1ccc(C2C3=C(CC(C)(C)CC3=O)Nc3nc(SCc4ccc(F)cc4)[nH]c(=O)c32)cc1OC. The van der Waals surface area contributed by atoms with Crippen molar-refractivity contribution in [3.05, 3.63) is 86.6 Å². The molecule has 9 heteroatoms. The number of carbonyl (C=O) groups excluding carboxylic acids is 1. The Bertz CT molecular complexity index is 1460. The number of rotatable bonds is 6. The molecular weight excluding hydrogens is 493 g/mol. The molecule has 192 valence electrons. The molecule has 2 heterocycles. The van der Waals surface area contributed by atoms with E-state index in [1.165, 1.54) is 23.9 Å². The van der Waals surface area contributed by atoms with Crippen molar-refractivity contribution in [1.82, 2.24) is 9.97 Å². The fourth-order valence-electron chi connectivity index (χ4n) is 5.06. The number of halogens is 1. The Labute approximate surface area is 218 Å². The Hall–Kier alpha value is -3.59. The highest BCUT2D eigenvalue weighted by atomic mass is 32.2. The van der Waals surface area contributed by atoms with E-state index in [2.05, 4.69) is 24.1 Å². The van der Waals surface area contributed by atoms with Crippen LogP contribution in [0.15, 0.2) is 63.7 Å². The lowest BCUT2D eigenvalue weighted by atomic mass is 9.69. The summed E-state index contributed by atoms with van der Waals surface area (Å²) in [6.07, 6.45) is 1.05. The number of Topliss-reactive ketones (excluding diaryl/α,β-unsaturated/α-hetero) is 1. The number of nitrogens with zero attached hydrogens (tertiary/aromatic N) is 1. The van der Waals surface area contributed by atoms with Gasteiger partial charge in [-0.3, -0.25) is 9.59 Å². The number of nitrogens with one attached hydrogen (secondary N) is 2. The summed E-state index contributed by atoms with van der Waals surface area (Å²) in [6.45, 7) is 4.12. The number of benzene rings is 2. The van der Waals surface area contributed by atoms with Gasteiger partial charge < -0.3 is 19.8 Å². The van der Waals surface area contributed by atoms with Crippen molar-refractivity contribution in [2.24, 2.45) is 5.41 Å². The number of ketones is 1. The summed E-state index contributed by atoms with van der Waals surface area (Å²) in [5.41, 5.74) is 2.91. The number of H-pyrrole nitrogens is 1. The van der Waals surface area contributed by atoms with Crippen LogP contribution >= 0.6 is 11.8 Å². The number of aromatic nitrogens is 2. The third kappa shape index (κ3) is 4.87. The van der Waals surface area contributed by atoms with Gasteiger partial charge in [0.2, 0.25) is 0 Å². The molecule has 5 rings (SSSR count). The van der Waals surface area contributed by atoms with Gasteiger partial charge in [0, 0.05) is 29.4 Å². The van der Waals surface area contributed by atoms with Crippen LogP contribution < -0.4 is 20.3 Å². The van der Waals surface area contributed by atoms with E-state index in [4.69, 9.17) is 14.5 Å². The number of allylic oxidation sites excluding steroid dienone is 2. The molecule has 2 aliphatic rings. The summed E-state index contributed by atoms with van der Waals surface area (Å²) >= 11 is 1.36. The minimum atomic E-state index is -0.595. The van der Waals surface area contributed by atoms with Crippen molar-refractivity contribution in [2.45, 2.75) is 43.5 Å². The highest BCUT2D eigenvalue weighted by molar-refractivity contribution is 7.98. The number of ether oxygens (including phenoxy) is 2. The second-order valence-corrected chi connectivity index (χ2v) is 11.0. The monoisotopic (exact) mass is 521 g/mol. The van der Waals surface area contributed by atoms with Crippen LogP contribution in [0.25, 0.3) is 0 Å². The first kappa shape index (κ1) is 25.1. The van der Waals surface area contributed by atoms with E-state index in [1.807, 2.05) is 12.1 Å². The van der Waals surface area contributed by atoms with E-state index in [0.717, 1.165) is 16.8 Å². The summed E-state index contributed by atoms with van der Waals surface area (Å²) in [5, 5.41) is 3.77. The van der Waals surface area contributed by atoms with Crippen LogP contribution in [0.3, 0.4) is 0 Å². The molecule has 3 aromatic rings. The van der Waals surface area contributed by atoms with E-state index in [-0.39, 0.29) is 22.6 Å². The van der Waals surface area contributed by atoms with Crippen LogP contribution in [0.4, 0.5) is 10.2 Å². The van der Waals surface area contributed by atoms with Gasteiger partial charge in [0.15, 0.2) is 22.4 Å². The number of aromatic amines is 1. The normalized spacial score (nSPS) is 18.1. The van der Waals surface area contributed by atoms with Gasteiger partial charge in [-0.05, 0) is 47.2 Å². The van der Waals surface area contributed by atoms with E-state index < -0.39 is 5.92 Å². The van der Waals surface area contributed by atoms with Gasteiger partial charge in [-0.15, -0.1) is 0 Å². The van der Waals surface area contributed by atoms with Gasteiger partial charge in [0.1, 0.15) is 11.6 Å². The second-order valence-electron chi connectivity index (χ2n) is 10.1. The molecule has 1 aliphatic carbocycles. The largest absolute Gasteiger partial charge is 0.493 e. The third-order valence-corrected chi connectivity index (χ3v) is 7.67. The van der Waals surface area contributed by atoms with Crippen molar-refractivity contribution in [1.29, 1.82) is 0 Å². The Kier molecular flexibility index (Phi) is 6.58. The molecule has 0 bridgehead atoms. The molecule has 0 fully saturated rings. The number of carbonyl (C=O) groups is 1. The lowest BCUT2D eigenvalue weighted by Gasteiger charge is -2.38. The summed E-state index contributed by atoms with van der Waals surface area (Å²) in [6, 6.07) is 11.7. The molecule has 37 heavy (non-hydrogen) atoms. The van der Waals surface area contributed by atoms with Gasteiger partial charge >= 0.3 is 0 Å². The minimum Gasteiger partial charge on any atom is -0.493 e. The first-order valence-corrected chi connectivity index (χ1v) is 12.9. The maximum Gasteiger partial charge on any atom is 0.257 e. The molecule has 2 N–H and O–H groups in total. The number of hydrogen-bond acceptors (Lipinski definition) is 7. The average molecular weight is 522 g/mol. The van der Waals surface area contributed by atoms with Crippen LogP contribution in [0, 0.1) is 11.2 Å². The van der Waals surface area contributed by atoms with Crippen molar-refractivity contribution in [3.63, 3.8) is 0 Å². The predicted octanol–water partition coefficient (Wildman–Crippen LogP) is 5.42. The highest BCUT2D eigenvalue weighted by Gasteiger charge is 2.42. The van der Waals surface area contributed by atoms with Crippen LogP contribution in [0.2, 0.25) is 0 Å². The molecule has 2 aromatic carbocycles. The van der Waals surface area contributed by atoms with Crippen molar-refractivity contribution >= 4 is 23.4 Å². The van der Waals surface area contributed by atoms with Crippen LogP contribution in [0.5, 0.6) is 11.5 Å². The first-order chi connectivity index (χ1) is 17.7. The van der Waals surface area contributed by atoms with Crippen molar-refractivity contribution in [2.75, 3.05) is 19.5 Å². The fraction of sp³-hybridized carbons (Fsp3) is 0.321. The van der Waals surface area contributed by atoms with E-state index in [1.54, 1.807) is 32.4 Å². The molecule has 1 aliphatic heterocycles. The smallest absolute Gasteiger partial charge is 0.257 e. The van der Waals surface area contributed by atoms with Gasteiger partial charge in [0.05, 0.1) is 19.8 Å². The number of anilines is 1. The Morgan fingerprint density at radius 3 is 2.49 bits per heavy atom. The van der Waals surface area contributed by atoms with Crippen LogP contribution in [-0.4, -0.2) is 30.0 Å². The van der Waals surface area contributed by atoms with E-state index in [9.17, 15) is 14.0 Å². The van der Waals surface area contributed by atoms with Crippen molar-refractivity contribution < 1.29 is 18.7 Å². The Balaban J connectivity index is 1.60. The van der Waals surface area contributed by atoms with Crippen molar-refractivity contribution in [3.8, 4) is 11.5 Å². The predicted molar refractivity (Wildman–Crippen MR) is 141 cm³/mol. The fourth-order valence-corrected chi connectivity index (χ4v) is 5.88.